The zero-order valence-corrected chi connectivity index (χ0v) is 20.3. The number of hydrogen-bond donors (Lipinski definition) is 1. The standard InChI is InChI=1S/C27H30ClN3O3/c1-3-5-6-18-30(17-4-2)23-13-9-21(10-14-23)20-7-11-22(12-8-20)29-27(32)25-19-24(31(33)34)15-16-26(25)28/h7-16,19H,3-6,17-18H2,1-2H3,(H,29,32). The van der Waals surface area contributed by atoms with Gasteiger partial charge >= 0.3 is 0 Å². The minimum absolute atomic E-state index is 0.0612. The average Bonchev–Trinajstić information content (AvgIpc) is 2.84. The fourth-order valence-corrected chi connectivity index (χ4v) is 4.01. The van der Waals surface area contributed by atoms with E-state index in [2.05, 4.69) is 48.3 Å². The number of nitrogens with one attached hydrogen (secondary N) is 1. The molecule has 178 valence electrons. The summed E-state index contributed by atoms with van der Waals surface area (Å²) >= 11 is 6.07. The van der Waals surface area contributed by atoms with Gasteiger partial charge in [-0.2, -0.15) is 0 Å². The number of benzene rings is 3. The summed E-state index contributed by atoms with van der Waals surface area (Å²) in [5.41, 5.74) is 3.82. The molecule has 34 heavy (non-hydrogen) atoms. The number of carbonyl (C=O) groups is 1. The third kappa shape index (κ3) is 6.58. The minimum atomic E-state index is -0.556. The van der Waals surface area contributed by atoms with Crippen LogP contribution in [0.3, 0.4) is 0 Å². The second kappa shape index (κ2) is 12.2. The molecule has 3 aromatic carbocycles. The van der Waals surface area contributed by atoms with Gasteiger partial charge in [-0.25, -0.2) is 0 Å². The van der Waals surface area contributed by atoms with Crippen LogP contribution in [0.4, 0.5) is 17.1 Å². The van der Waals surface area contributed by atoms with Crippen LogP contribution in [0.1, 0.15) is 49.9 Å². The lowest BCUT2D eigenvalue weighted by Gasteiger charge is -2.24. The van der Waals surface area contributed by atoms with Crippen LogP contribution >= 0.6 is 11.6 Å². The molecule has 0 saturated carbocycles. The summed E-state index contributed by atoms with van der Waals surface area (Å²) in [6, 6.07) is 19.9. The Bertz CT molecular complexity index is 1110. The molecule has 0 atom stereocenters. The topological polar surface area (TPSA) is 75.5 Å². The zero-order valence-electron chi connectivity index (χ0n) is 19.6. The molecule has 0 heterocycles. The van der Waals surface area contributed by atoms with E-state index in [0.29, 0.717) is 5.69 Å². The molecule has 7 heteroatoms. The summed E-state index contributed by atoms with van der Waals surface area (Å²) in [6.45, 7) is 6.54. The Hall–Kier alpha value is -3.38. The maximum Gasteiger partial charge on any atom is 0.270 e. The van der Waals surface area contributed by atoms with Gasteiger partial charge in [-0.05, 0) is 54.3 Å². The van der Waals surface area contributed by atoms with Crippen molar-refractivity contribution in [3.63, 3.8) is 0 Å². The predicted octanol–water partition coefficient (Wildman–Crippen LogP) is 7.57. The summed E-state index contributed by atoms with van der Waals surface area (Å²) in [5, 5.41) is 13.9. The van der Waals surface area contributed by atoms with Crippen LogP contribution in [-0.2, 0) is 0 Å². The number of nitro groups is 1. The van der Waals surface area contributed by atoms with E-state index in [4.69, 9.17) is 11.6 Å². The first-order valence-corrected chi connectivity index (χ1v) is 12.0. The van der Waals surface area contributed by atoms with Crippen LogP contribution in [0.15, 0.2) is 66.7 Å². The van der Waals surface area contributed by atoms with Crippen molar-refractivity contribution in [3.8, 4) is 11.1 Å². The van der Waals surface area contributed by atoms with Gasteiger partial charge < -0.3 is 10.2 Å². The van der Waals surface area contributed by atoms with E-state index in [-0.39, 0.29) is 16.3 Å². The molecule has 1 amide bonds. The van der Waals surface area contributed by atoms with Crippen molar-refractivity contribution < 1.29 is 9.72 Å². The van der Waals surface area contributed by atoms with Gasteiger partial charge in [-0.15, -0.1) is 0 Å². The monoisotopic (exact) mass is 479 g/mol. The molecular weight excluding hydrogens is 450 g/mol. The highest BCUT2D eigenvalue weighted by Crippen LogP contribution is 2.27. The maximum absolute atomic E-state index is 12.6. The van der Waals surface area contributed by atoms with Crippen LogP contribution < -0.4 is 10.2 Å². The first kappa shape index (κ1) is 25.2. The SMILES string of the molecule is CCCCCN(CCC)c1ccc(-c2ccc(NC(=O)c3cc([N+](=O)[O-])ccc3Cl)cc2)cc1. The summed E-state index contributed by atoms with van der Waals surface area (Å²) in [6.07, 6.45) is 4.78. The highest BCUT2D eigenvalue weighted by atomic mass is 35.5. The molecule has 0 aliphatic carbocycles. The number of anilines is 2. The van der Waals surface area contributed by atoms with E-state index in [1.54, 1.807) is 12.1 Å². The Morgan fingerprint density at radius 2 is 1.56 bits per heavy atom. The van der Waals surface area contributed by atoms with Gasteiger partial charge in [-0.3, -0.25) is 14.9 Å². The zero-order chi connectivity index (χ0) is 24.5. The van der Waals surface area contributed by atoms with Gasteiger partial charge in [0, 0.05) is 36.6 Å². The van der Waals surface area contributed by atoms with Crippen molar-refractivity contribution in [1.29, 1.82) is 0 Å². The van der Waals surface area contributed by atoms with Gasteiger partial charge in [-0.1, -0.05) is 62.6 Å². The molecule has 1 N–H and O–H groups in total. The Labute approximate surface area is 205 Å². The number of unbranched alkanes of at least 4 members (excludes halogenated alkanes) is 2. The molecule has 6 nitrogen and oxygen atoms in total. The van der Waals surface area contributed by atoms with E-state index < -0.39 is 10.8 Å². The van der Waals surface area contributed by atoms with Gasteiger partial charge in [0.1, 0.15) is 0 Å². The number of hydrogen-bond acceptors (Lipinski definition) is 4. The van der Waals surface area contributed by atoms with E-state index in [1.807, 2.05) is 12.1 Å². The van der Waals surface area contributed by atoms with E-state index in [1.165, 1.54) is 43.1 Å². The highest BCUT2D eigenvalue weighted by Gasteiger charge is 2.16. The molecule has 0 bridgehead atoms. The number of rotatable bonds is 11. The second-order valence-corrected chi connectivity index (χ2v) is 8.60. The molecule has 3 aromatic rings. The third-order valence-corrected chi connectivity index (χ3v) is 5.97. The maximum atomic E-state index is 12.6. The van der Waals surface area contributed by atoms with Crippen LogP contribution in [0, 0.1) is 10.1 Å². The van der Waals surface area contributed by atoms with Crippen molar-refractivity contribution in [2.45, 2.75) is 39.5 Å². The van der Waals surface area contributed by atoms with Crippen LogP contribution in [0.5, 0.6) is 0 Å². The van der Waals surface area contributed by atoms with Crippen molar-refractivity contribution in [2.75, 3.05) is 23.3 Å². The minimum Gasteiger partial charge on any atom is -0.372 e. The lowest BCUT2D eigenvalue weighted by molar-refractivity contribution is -0.384. The molecule has 3 rings (SSSR count). The summed E-state index contributed by atoms with van der Waals surface area (Å²) in [5.74, 6) is -0.495. The summed E-state index contributed by atoms with van der Waals surface area (Å²) < 4.78 is 0. The molecule has 0 aliphatic heterocycles. The normalized spacial score (nSPS) is 10.7. The van der Waals surface area contributed by atoms with Crippen LogP contribution in [0.2, 0.25) is 5.02 Å². The Balaban J connectivity index is 1.69. The van der Waals surface area contributed by atoms with Gasteiger partial charge in [0.2, 0.25) is 0 Å². The lowest BCUT2D eigenvalue weighted by atomic mass is 10.0. The molecule has 0 saturated heterocycles. The molecule has 0 spiro atoms. The van der Waals surface area contributed by atoms with Crippen LogP contribution in [-0.4, -0.2) is 23.9 Å². The predicted molar refractivity (Wildman–Crippen MR) is 140 cm³/mol. The second-order valence-electron chi connectivity index (χ2n) is 8.19. The Kier molecular flexibility index (Phi) is 9.05. The largest absolute Gasteiger partial charge is 0.372 e. The van der Waals surface area contributed by atoms with E-state index in [0.717, 1.165) is 30.6 Å². The number of amides is 1. The number of carbonyl (C=O) groups excluding carboxylic acids is 1. The van der Waals surface area contributed by atoms with Crippen molar-refractivity contribution >= 4 is 34.6 Å². The Morgan fingerprint density at radius 3 is 2.15 bits per heavy atom. The summed E-state index contributed by atoms with van der Waals surface area (Å²) in [4.78, 5) is 25.5. The fourth-order valence-electron chi connectivity index (χ4n) is 3.80. The first-order valence-electron chi connectivity index (χ1n) is 11.6. The number of non-ortho nitro benzene ring substituents is 1. The lowest BCUT2D eigenvalue weighted by Crippen LogP contribution is -2.25. The third-order valence-electron chi connectivity index (χ3n) is 5.64. The average molecular weight is 480 g/mol. The van der Waals surface area contributed by atoms with Gasteiger partial charge in [0.25, 0.3) is 11.6 Å². The van der Waals surface area contributed by atoms with Crippen molar-refractivity contribution in [3.05, 3.63) is 87.4 Å². The van der Waals surface area contributed by atoms with E-state index >= 15 is 0 Å². The van der Waals surface area contributed by atoms with E-state index in [9.17, 15) is 14.9 Å². The van der Waals surface area contributed by atoms with Crippen molar-refractivity contribution in [2.24, 2.45) is 0 Å². The van der Waals surface area contributed by atoms with Crippen molar-refractivity contribution in [1.82, 2.24) is 0 Å². The Morgan fingerprint density at radius 1 is 0.912 bits per heavy atom. The van der Waals surface area contributed by atoms with Crippen LogP contribution in [0.25, 0.3) is 11.1 Å². The molecule has 0 aromatic heterocycles. The van der Waals surface area contributed by atoms with Gasteiger partial charge in [0.05, 0.1) is 15.5 Å². The first-order chi connectivity index (χ1) is 16.4. The molecule has 0 radical (unpaired) electrons. The number of halogens is 1. The molecule has 0 unspecified atom stereocenters. The van der Waals surface area contributed by atoms with Gasteiger partial charge in [0.15, 0.2) is 0 Å². The quantitative estimate of drug-likeness (QED) is 0.175. The highest BCUT2D eigenvalue weighted by molar-refractivity contribution is 6.34. The molecule has 0 fully saturated rings. The number of nitro benzene ring substituents is 1. The fraction of sp³-hybridized carbons (Fsp3) is 0.296. The smallest absolute Gasteiger partial charge is 0.270 e. The summed E-state index contributed by atoms with van der Waals surface area (Å²) in [7, 11) is 0. The number of nitrogens with zero attached hydrogens (tertiary/aromatic N) is 2. The molecule has 0 aliphatic rings. The molecular formula is C27H30ClN3O3.